The first kappa shape index (κ1) is 22.8. The van der Waals surface area contributed by atoms with Gasteiger partial charge in [-0.3, -0.25) is 0 Å². The first-order valence-electron chi connectivity index (χ1n) is 10.5. The number of nitrogens with zero attached hydrogens (tertiary/aromatic N) is 1. The van der Waals surface area contributed by atoms with Gasteiger partial charge in [0, 0.05) is 30.2 Å². The maximum absolute atomic E-state index is 11.8. The van der Waals surface area contributed by atoms with Crippen molar-refractivity contribution in [3.63, 3.8) is 0 Å². The second-order valence-corrected chi connectivity index (χ2v) is 9.44. The van der Waals surface area contributed by atoms with E-state index in [1.54, 1.807) is 0 Å². The summed E-state index contributed by atoms with van der Waals surface area (Å²) in [4.78, 5) is 8.00. The standard InChI is InChI=1S/C23H31N5O2S/c1-4-25-23(26-11-10-20-15-27-22-12-17(2)8-9-21(20)22)28-14-18-6-5-7-19(13-18)16-31(29,30)24-3/h5-9,12-13,15,24,27H,4,10-11,14,16H2,1-3H3,(H2,25,26,28). The molecule has 0 saturated heterocycles. The second kappa shape index (κ2) is 10.5. The van der Waals surface area contributed by atoms with Crippen LogP contribution < -0.4 is 15.4 Å². The van der Waals surface area contributed by atoms with Crippen LogP contribution in [0.15, 0.2) is 53.7 Å². The highest BCUT2D eigenvalue weighted by molar-refractivity contribution is 7.88. The number of aryl methyl sites for hydroxylation is 1. The molecule has 0 fully saturated rings. The van der Waals surface area contributed by atoms with Crippen LogP contribution in [0.5, 0.6) is 0 Å². The lowest BCUT2D eigenvalue weighted by atomic mass is 10.1. The number of rotatable bonds is 9. The molecule has 7 nitrogen and oxygen atoms in total. The molecule has 0 aliphatic heterocycles. The van der Waals surface area contributed by atoms with E-state index >= 15 is 0 Å². The first-order chi connectivity index (χ1) is 14.9. The molecule has 3 rings (SSSR count). The third-order valence-corrected chi connectivity index (χ3v) is 6.37. The van der Waals surface area contributed by atoms with Gasteiger partial charge in [0.2, 0.25) is 10.0 Å². The van der Waals surface area contributed by atoms with E-state index < -0.39 is 10.0 Å². The summed E-state index contributed by atoms with van der Waals surface area (Å²) in [5.41, 5.74) is 5.39. The maximum Gasteiger partial charge on any atom is 0.215 e. The Morgan fingerprint density at radius 2 is 1.90 bits per heavy atom. The number of aromatic nitrogens is 1. The summed E-state index contributed by atoms with van der Waals surface area (Å²) in [5, 5.41) is 7.90. The number of hydrogen-bond acceptors (Lipinski definition) is 3. The van der Waals surface area contributed by atoms with Crippen LogP contribution in [0.3, 0.4) is 0 Å². The molecule has 0 aliphatic carbocycles. The highest BCUT2D eigenvalue weighted by Crippen LogP contribution is 2.19. The lowest BCUT2D eigenvalue weighted by Gasteiger charge is -2.11. The van der Waals surface area contributed by atoms with Crippen LogP contribution in [0.2, 0.25) is 0 Å². The first-order valence-corrected chi connectivity index (χ1v) is 12.1. The maximum atomic E-state index is 11.8. The summed E-state index contributed by atoms with van der Waals surface area (Å²) >= 11 is 0. The number of aromatic amines is 1. The zero-order valence-corrected chi connectivity index (χ0v) is 19.1. The van der Waals surface area contributed by atoms with Crippen LogP contribution >= 0.6 is 0 Å². The van der Waals surface area contributed by atoms with Crippen molar-refractivity contribution in [3.8, 4) is 0 Å². The molecule has 0 amide bonds. The number of guanidine groups is 1. The Morgan fingerprint density at radius 3 is 2.68 bits per heavy atom. The Labute approximate surface area is 184 Å². The summed E-state index contributed by atoms with van der Waals surface area (Å²) in [5.74, 6) is 0.704. The molecule has 0 bridgehead atoms. The minimum absolute atomic E-state index is 0.0382. The SMILES string of the molecule is CCNC(=NCc1cccc(CS(=O)(=O)NC)c1)NCCc1c[nH]c2cc(C)ccc12. The predicted molar refractivity (Wildman–Crippen MR) is 128 cm³/mol. The van der Waals surface area contributed by atoms with E-state index in [0.717, 1.165) is 42.1 Å². The van der Waals surface area contributed by atoms with Gasteiger partial charge in [-0.15, -0.1) is 0 Å². The Kier molecular flexibility index (Phi) is 7.70. The highest BCUT2D eigenvalue weighted by atomic mass is 32.2. The molecule has 1 heterocycles. The van der Waals surface area contributed by atoms with Crippen LogP contribution in [0.1, 0.15) is 29.2 Å². The van der Waals surface area contributed by atoms with E-state index in [4.69, 9.17) is 0 Å². The smallest absolute Gasteiger partial charge is 0.215 e. The molecule has 0 saturated carbocycles. The van der Waals surface area contributed by atoms with Crippen molar-refractivity contribution in [2.45, 2.75) is 32.6 Å². The van der Waals surface area contributed by atoms with Crippen molar-refractivity contribution in [3.05, 3.63) is 70.9 Å². The van der Waals surface area contributed by atoms with Gasteiger partial charge in [0.25, 0.3) is 0 Å². The van der Waals surface area contributed by atoms with Gasteiger partial charge >= 0.3 is 0 Å². The summed E-state index contributed by atoms with van der Waals surface area (Å²) < 4.78 is 25.9. The number of aliphatic imine (C=N–C) groups is 1. The largest absolute Gasteiger partial charge is 0.361 e. The van der Waals surface area contributed by atoms with Crippen molar-refractivity contribution >= 4 is 26.9 Å². The summed E-state index contributed by atoms with van der Waals surface area (Å²) in [6.45, 7) is 6.11. The molecule has 0 unspecified atom stereocenters. The van der Waals surface area contributed by atoms with Crippen molar-refractivity contribution < 1.29 is 8.42 Å². The molecular formula is C23H31N5O2S. The topological polar surface area (TPSA) is 98.4 Å². The zero-order chi connectivity index (χ0) is 22.3. The van der Waals surface area contributed by atoms with Gasteiger partial charge in [-0.25, -0.2) is 18.1 Å². The van der Waals surface area contributed by atoms with Crippen molar-refractivity contribution in [1.82, 2.24) is 20.3 Å². The van der Waals surface area contributed by atoms with E-state index in [2.05, 4.69) is 56.7 Å². The fraction of sp³-hybridized carbons (Fsp3) is 0.348. The van der Waals surface area contributed by atoms with Gasteiger partial charge in [-0.1, -0.05) is 36.4 Å². The van der Waals surface area contributed by atoms with E-state index in [1.807, 2.05) is 31.2 Å². The fourth-order valence-corrected chi connectivity index (χ4v) is 4.21. The molecule has 8 heteroatoms. The van der Waals surface area contributed by atoms with E-state index in [1.165, 1.54) is 23.6 Å². The monoisotopic (exact) mass is 441 g/mol. The molecule has 4 N–H and O–H groups in total. The van der Waals surface area contributed by atoms with Crippen molar-refractivity contribution in [2.24, 2.45) is 4.99 Å². The molecule has 3 aromatic rings. The molecule has 31 heavy (non-hydrogen) atoms. The van der Waals surface area contributed by atoms with Crippen LogP contribution in [-0.2, 0) is 28.7 Å². The average molecular weight is 442 g/mol. The molecule has 0 atom stereocenters. The van der Waals surface area contributed by atoms with Gasteiger partial charge < -0.3 is 15.6 Å². The molecule has 0 spiro atoms. The number of fused-ring (bicyclic) bond motifs is 1. The quantitative estimate of drug-likeness (QED) is 0.303. The molecule has 0 radical (unpaired) electrons. The average Bonchev–Trinajstić information content (AvgIpc) is 3.14. The molecule has 2 aromatic carbocycles. The van der Waals surface area contributed by atoms with Crippen LogP contribution in [-0.4, -0.2) is 39.5 Å². The third-order valence-electron chi connectivity index (χ3n) is 5.03. The van der Waals surface area contributed by atoms with Crippen molar-refractivity contribution in [2.75, 3.05) is 20.1 Å². The lowest BCUT2D eigenvalue weighted by Crippen LogP contribution is -2.38. The number of hydrogen-bond donors (Lipinski definition) is 4. The Morgan fingerprint density at radius 1 is 1.10 bits per heavy atom. The van der Waals surface area contributed by atoms with Crippen LogP contribution in [0.25, 0.3) is 10.9 Å². The van der Waals surface area contributed by atoms with Crippen LogP contribution in [0.4, 0.5) is 0 Å². The molecule has 166 valence electrons. The number of benzene rings is 2. The predicted octanol–water partition coefficient (Wildman–Crippen LogP) is 2.82. The second-order valence-electron chi connectivity index (χ2n) is 7.52. The lowest BCUT2D eigenvalue weighted by molar-refractivity contribution is 0.587. The van der Waals surface area contributed by atoms with E-state index in [9.17, 15) is 8.42 Å². The third kappa shape index (κ3) is 6.57. The van der Waals surface area contributed by atoms with E-state index in [0.29, 0.717) is 6.54 Å². The van der Waals surface area contributed by atoms with Crippen molar-refractivity contribution in [1.29, 1.82) is 0 Å². The van der Waals surface area contributed by atoms with Gasteiger partial charge in [0.1, 0.15) is 0 Å². The molecule has 1 aromatic heterocycles. The van der Waals surface area contributed by atoms with Crippen LogP contribution in [0, 0.1) is 6.92 Å². The van der Waals surface area contributed by atoms with E-state index in [-0.39, 0.29) is 5.75 Å². The summed E-state index contributed by atoms with van der Waals surface area (Å²) in [7, 11) is -1.87. The minimum atomic E-state index is -3.29. The van der Waals surface area contributed by atoms with Gasteiger partial charge in [-0.2, -0.15) is 0 Å². The minimum Gasteiger partial charge on any atom is -0.361 e. The van der Waals surface area contributed by atoms with Gasteiger partial charge in [-0.05, 0) is 55.6 Å². The Hall–Kier alpha value is -2.84. The summed E-state index contributed by atoms with van der Waals surface area (Å²) in [6.07, 6.45) is 2.95. The highest BCUT2D eigenvalue weighted by Gasteiger charge is 2.09. The van der Waals surface area contributed by atoms with Gasteiger partial charge in [0.05, 0.1) is 12.3 Å². The zero-order valence-electron chi connectivity index (χ0n) is 18.3. The molecule has 0 aliphatic rings. The molecular weight excluding hydrogens is 410 g/mol. The number of sulfonamides is 1. The number of H-pyrrole nitrogens is 1. The Bertz CT molecular complexity index is 1150. The fourth-order valence-electron chi connectivity index (χ4n) is 3.44. The van der Waals surface area contributed by atoms with Gasteiger partial charge in [0.15, 0.2) is 5.96 Å². The summed E-state index contributed by atoms with van der Waals surface area (Å²) in [6, 6.07) is 14.0. The normalized spacial score (nSPS) is 12.3. The Balaban J connectivity index is 1.61. The number of nitrogens with one attached hydrogen (secondary N) is 4.